The topological polar surface area (TPSA) is 78.9 Å². The van der Waals surface area contributed by atoms with Gasteiger partial charge >= 0.3 is 12.1 Å². The van der Waals surface area contributed by atoms with E-state index in [9.17, 15) is 36.6 Å². The standard InChI is InChI=1S/C29H31F5N2O4/c30-21-5-1-18(2-6-21)24-8-10-36(15-25(24)26(37)38)23-7-9-28(40-16-23,19-3-4-19)27(39)35-14-17-11-20(29(32,33)34)13-22(31)12-17/h1-2,5-6,11-13,19,23-25H,3-4,7-10,14-16H2,(H,35,39)(H,37,38)/t23?,24?,25-,28-/m0/s1. The normalized spacial score (nSPS) is 27.8. The van der Waals surface area contributed by atoms with Gasteiger partial charge in [-0.15, -0.1) is 0 Å². The molecule has 216 valence electrons. The fourth-order valence-electron chi connectivity index (χ4n) is 6.22. The fraction of sp³-hybridized carbons (Fsp3) is 0.517. The predicted molar refractivity (Wildman–Crippen MR) is 134 cm³/mol. The van der Waals surface area contributed by atoms with Crippen molar-refractivity contribution in [2.24, 2.45) is 11.8 Å². The third kappa shape index (κ3) is 6.00. The lowest BCUT2D eigenvalue weighted by molar-refractivity contribution is -0.166. The second-order valence-corrected chi connectivity index (χ2v) is 11.1. The SMILES string of the molecule is O=C(O)[C@H]1CN(C2CC[C@@](C(=O)NCc3cc(F)cc(C(F)(F)F)c3)(C3CC3)OC2)CCC1c1ccc(F)cc1. The van der Waals surface area contributed by atoms with Crippen LogP contribution in [0.1, 0.15) is 54.7 Å². The first-order valence-electron chi connectivity index (χ1n) is 13.5. The van der Waals surface area contributed by atoms with E-state index in [0.717, 1.165) is 30.5 Å². The number of likely N-dealkylation sites (tertiary alicyclic amines) is 1. The van der Waals surface area contributed by atoms with Crippen LogP contribution in [0.4, 0.5) is 22.0 Å². The highest BCUT2D eigenvalue weighted by atomic mass is 19.4. The van der Waals surface area contributed by atoms with Gasteiger partial charge in [-0.05, 0) is 91.9 Å². The second kappa shape index (κ2) is 11.1. The Kier molecular flexibility index (Phi) is 7.89. The Labute approximate surface area is 228 Å². The number of amides is 1. The molecule has 2 aliphatic heterocycles. The number of rotatable bonds is 7. The zero-order chi connectivity index (χ0) is 28.7. The summed E-state index contributed by atoms with van der Waals surface area (Å²) in [6.07, 6.45) is -1.55. The van der Waals surface area contributed by atoms with Gasteiger partial charge in [0.1, 0.15) is 17.2 Å². The molecule has 1 amide bonds. The average Bonchev–Trinajstić information content (AvgIpc) is 3.77. The summed E-state index contributed by atoms with van der Waals surface area (Å²) in [5, 5.41) is 12.6. The minimum Gasteiger partial charge on any atom is -0.481 e. The zero-order valence-electron chi connectivity index (χ0n) is 21.7. The number of carboxylic acids is 1. The Bertz CT molecular complexity index is 1240. The van der Waals surface area contributed by atoms with E-state index in [2.05, 4.69) is 10.2 Å². The van der Waals surface area contributed by atoms with Crippen LogP contribution in [0, 0.1) is 23.5 Å². The van der Waals surface area contributed by atoms with Crippen LogP contribution in [-0.2, 0) is 27.0 Å². The van der Waals surface area contributed by atoms with Crippen molar-refractivity contribution in [1.82, 2.24) is 10.2 Å². The van der Waals surface area contributed by atoms with Gasteiger partial charge in [-0.25, -0.2) is 8.78 Å². The monoisotopic (exact) mass is 566 g/mol. The number of alkyl halides is 3. The lowest BCUT2D eigenvalue weighted by Gasteiger charge is -2.46. The summed E-state index contributed by atoms with van der Waals surface area (Å²) in [5.74, 6) is -3.68. The van der Waals surface area contributed by atoms with Crippen LogP contribution in [-0.4, -0.2) is 53.2 Å². The summed E-state index contributed by atoms with van der Waals surface area (Å²) in [6, 6.07) is 8.04. The molecular formula is C29H31F5N2O4. The largest absolute Gasteiger partial charge is 0.481 e. The highest BCUT2D eigenvalue weighted by Gasteiger charge is 2.54. The summed E-state index contributed by atoms with van der Waals surface area (Å²) in [6.45, 7) is 0.881. The van der Waals surface area contributed by atoms with Gasteiger partial charge in [0.05, 0.1) is 18.1 Å². The number of hydrogen-bond donors (Lipinski definition) is 2. The molecule has 40 heavy (non-hydrogen) atoms. The van der Waals surface area contributed by atoms with E-state index in [4.69, 9.17) is 4.74 Å². The molecule has 0 radical (unpaired) electrons. The van der Waals surface area contributed by atoms with E-state index in [1.54, 1.807) is 12.1 Å². The maximum Gasteiger partial charge on any atom is 0.416 e. The summed E-state index contributed by atoms with van der Waals surface area (Å²) in [4.78, 5) is 27.5. The molecule has 1 aliphatic carbocycles. The maximum absolute atomic E-state index is 13.8. The number of ether oxygens (including phenoxy) is 1. The Balaban J connectivity index is 1.22. The van der Waals surface area contributed by atoms with Crippen molar-refractivity contribution >= 4 is 11.9 Å². The highest BCUT2D eigenvalue weighted by Crippen LogP contribution is 2.47. The molecule has 4 atom stereocenters. The third-order valence-electron chi connectivity index (χ3n) is 8.52. The van der Waals surface area contributed by atoms with Crippen LogP contribution < -0.4 is 5.32 Å². The molecular weight excluding hydrogens is 535 g/mol. The third-order valence-corrected chi connectivity index (χ3v) is 8.52. The Morgan fingerprint density at radius 2 is 1.75 bits per heavy atom. The predicted octanol–water partition coefficient (Wildman–Crippen LogP) is 5.12. The highest BCUT2D eigenvalue weighted by molar-refractivity contribution is 5.86. The molecule has 3 aliphatic rings. The van der Waals surface area contributed by atoms with E-state index < -0.39 is 41.0 Å². The summed E-state index contributed by atoms with van der Waals surface area (Å²) in [5.41, 5.74) is -1.44. The minimum atomic E-state index is -4.70. The molecule has 11 heteroatoms. The number of aliphatic carboxylic acids is 1. The first-order chi connectivity index (χ1) is 19.0. The average molecular weight is 567 g/mol. The van der Waals surface area contributed by atoms with Crippen molar-refractivity contribution in [2.75, 3.05) is 19.7 Å². The first-order valence-corrected chi connectivity index (χ1v) is 13.5. The summed E-state index contributed by atoms with van der Waals surface area (Å²) >= 11 is 0. The molecule has 6 nitrogen and oxygen atoms in total. The van der Waals surface area contributed by atoms with E-state index in [0.29, 0.717) is 38.4 Å². The molecule has 0 spiro atoms. The quantitative estimate of drug-likeness (QED) is 0.455. The van der Waals surface area contributed by atoms with Crippen molar-refractivity contribution in [1.29, 1.82) is 0 Å². The number of halogens is 5. The molecule has 2 N–H and O–H groups in total. The smallest absolute Gasteiger partial charge is 0.416 e. The Hall–Kier alpha value is -3.05. The van der Waals surface area contributed by atoms with Gasteiger partial charge in [-0.1, -0.05) is 12.1 Å². The van der Waals surface area contributed by atoms with Crippen molar-refractivity contribution < 1.29 is 41.4 Å². The van der Waals surface area contributed by atoms with Crippen LogP contribution >= 0.6 is 0 Å². The lowest BCUT2D eigenvalue weighted by atomic mass is 9.79. The molecule has 5 rings (SSSR count). The van der Waals surface area contributed by atoms with Gasteiger partial charge in [0.2, 0.25) is 0 Å². The minimum absolute atomic E-state index is 0.00375. The molecule has 1 saturated carbocycles. The van der Waals surface area contributed by atoms with Crippen molar-refractivity contribution in [3.05, 3.63) is 70.8 Å². The van der Waals surface area contributed by atoms with Crippen LogP contribution in [0.2, 0.25) is 0 Å². The number of nitrogens with zero attached hydrogens (tertiary/aromatic N) is 1. The molecule has 2 heterocycles. The van der Waals surface area contributed by atoms with Gasteiger partial charge in [-0.2, -0.15) is 13.2 Å². The number of nitrogens with one attached hydrogen (secondary N) is 1. The van der Waals surface area contributed by atoms with E-state index >= 15 is 0 Å². The van der Waals surface area contributed by atoms with E-state index in [1.165, 1.54) is 12.1 Å². The van der Waals surface area contributed by atoms with Crippen molar-refractivity contribution in [2.45, 2.75) is 62.4 Å². The zero-order valence-corrected chi connectivity index (χ0v) is 21.7. The van der Waals surface area contributed by atoms with Gasteiger partial charge in [-0.3, -0.25) is 14.5 Å². The fourth-order valence-corrected chi connectivity index (χ4v) is 6.22. The number of benzene rings is 2. The van der Waals surface area contributed by atoms with Gasteiger partial charge in [0.15, 0.2) is 0 Å². The molecule has 3 fully saturated rings. The van der Waals surface area contributed by atoms with Crippen molar-refractivity contribution in [3.63, 3.8) is 0 Å². The second-order valence-electron chi connectivity index (χ2n) is 11.1. The molecule has 0 bridgehead atoms. The molecule has 2 aromatic carbocycles. The van der Waals surface area contributed by atoms with Crippen LogP contribution in [0.25, 0.3) is 0 Å². The molecule has 2 aromatic rings. The Morgan fingerprint density at radius 1 is 1.02 bits per heavy atom. The number of piperidine rings is 1. The van der Waals surface area contributed by atoms with E-state index in [1.807, 2.05) is 0 Å². The maximum atomic E-state index is 13.8. The molecule has 2 saturated heterocycles. The number of carboxylic acid groups (broad SMARTS) is 1. The Morgan fingerprint density at radius 3 is 2.35 bits per heavy atom. The lowest BCUT2D eigenvalue weighted by Crippen LogP contribution is -2.58. The molecule has 2 unspecified atom stereocenters. The molecule has 0 aromatic heterocycles. The number of carbonyl (C=O) groups excluding carboxylic acids is 1. The van der Waals surface area contributed by atoms with E-state index in [-0.39, 0.29) is 42.4 Å². The van der Waals surface area contributed by atoms with Gasteiger partial charge in [0, 0.05) is 19.1 Å². The van der Waals surface area contributed by atoms with Gasteiger partial charge in [0.25, 0.3) is 5.91 Å². The summed E-state index contributed by atoms with van der Waals surface area (Å²) in [7, 11) is 0. The van der Waals surface area contributed by atoms with Crippen LogP contribution in [0.5, 0.6) is 0 Å². The van der Waals surface area contributed by atoms with Crippen LogP contribution in [0.15, 0.2) is 42.5 Å². The first kappa shape index (κ1) is 28.5. The van der Waals surface area contributed by atoms with Crippen LogP contribution in [0.3, 0.4) is 0 Å². The number of carbonyl (C=O) groups is 2. The van der Waals surface area contributed by atoms with Crippen molar-refractivity contribution in [3.8, 4) is 0 Å². The number of hydrogen-bond acceptors (Lipinski definition) is 4. The summed E-state index contributed by atoms with van der Waals surface area (Å²) < 4.78 is 72.6. The van der Waals surface area contributed by atoms with Gasteiger partial charge < -0.3 is 15.2 Å².